The highest BCUT2D eigenvalue weighted by atomic mass is 16.2. The van der Waals surface area contributed by atoms with Crippen LogP contribution >= 0.6 is 0 Å². The lowest BCUT2D eigenvalue weighted by molar-refractivity contribution is -0.128. The Balaban J connectivity index is 0.000000637. The Kier molecular flexibility index (Phi) is 3.25. The van der Waals surface area contributed by atoms with E-state index in [2.05, 4.69) is 31.3 Å². The SMILES string of the molecule is CC.CC1(C)C=CC=CC(C23CC2C(=O)NC3=O)=C1. The number of carbonyl (C=O) groups is 2. The molecule has 2 fully saturated rings. The first kappa shape index (κ1) is 13.8. The molecule has 2 unspecified atom stereocenters. The molecular formula is C16H21NO2. The molecule has 3 rings (SSSR count). The number of allylic oxidation sites excluding steroid dienone is 5. The monoisotopic (exact) mass is 259 g/mol. The van der Waals surface area contributed by atoms with Crippen LogP contribution < -0.4 is 5.32 Å². The summed E-state index contributed by atoms with van der Waals surface area (Å²) in [5.41, 5.74) is 0.351. The summed E-state index contributed by atoms with van der Waals surface area (Å²) in [6, 6.07) is 0. The molecule has 1 saturated carbocycles. The quantitative estimate of drug-likeness (QED) is 0.736. The van der Waals surface area contributed by atoms with Gasteiger partial charge in [0.15, 0.2) is 0 Å². The van der Waals surface area contributed by atoms with Crippen molar-refractivity contribution in [3.63, 3.8) is 0 Å². The summed E-state index contributed by atoms with van der Waals surface area (Å²) >= 11 is 0. The van der Waals surface area contributed by atoms with Gasteiger partial charge in [-0.2, -0.15) is 0 Å². The normalized spacial score (nSPS) is 33.7. The Morgan fingerprint density at radius 1 is 1.21 bits per heavy atom. The van der Waals surface area contributed by atoms with Crippen molar-refractivity contribution < 1.29 is 9.59 Å². The van der Waals surface area contributed by atoms with Crippen molar-refractivity contribution in [2.75, 3.05) is 0 Å². The van der Waals surface area contributed by atoms with Gasteiger partial charge in [-0.15, -0.1) is 0 Å². The second-order valence-corrected chi connectivity index (χ2v) is 5.69. The van der Waals surface area contributed by atoms with E-state index in [9.17, 15) is 9.59 Å². The molecule has 0 aromatic rings. The van der Waals surface area contributed by atoms with Crippen LogP contribution in [0.5, 0.6) is 0 Å². The van der Waals surface area contributed by atoms with Crippen molar-refractivity contribution in [3.8, 4) is 0 Å². The summed E-state index contributed by atoms with van der Waals surface area (Å²) in [6.45, 7) is 8.19. The smallest absolute Gasteiger partial charge is 0.238 e. The fourth-order valence-electron chi connectivity index (χ4n) is 2.83. The van der Waals surface area contributed by atoms with Crippen molar-refractivity contribution >= 4 is 11.8 Å². The van der Waals surface area contributed by atoms with Crippen LogP contribution in [0.25, 0.3) is 0 Å². The number of amides is 2. The first-order chi connectivity index (χ1) is 8.96. The molecule has 2 aliphatic carbocycles. The lowest BCUT2D eigenvalue weighted by Crippen LogP contribution is -2.29. The zero-order valence-corrected chi connectivity index (χ0v) is 12.0. The van der Waals surface area contributed by atoms with E-state index in [1.54, 1.807) is 0 Å². The number of imide groups is 1. The zero-order chi connectivity index (χ0) is 14.3. The fraction of sp³-hybridized carbons (Fsp3) is 0.500. The predicted molar refractivity (Wildman–Crippen MR) is 75.2 cm³/mol. The van der Waals surface area contributed by atoms with Gasteiger partial charge in [0.2, 0.25) is 11.8 Å². The van der Waals surface area contributed by atoms with Crippen LogP contribution in [0.2, 0.25) is 0 Å². The minimum absolute atomic E-state index is 0.0767. The highest BCUT2D eigenvalue weighted by Crippen LogP contribution is 2.62. The maximum Gasteiger partial charge on any atom is 0.238 e. The standard InChI is InChI=1S/C14H15NO2.C2H6/c1-13(2)6-4-3-5-9(7-13)14-8-10(14)11(16)15-12(14)17;1-2/h3-7,10H,8H2,1-2H3,(H,15,16,17);1-2H3. The summed E-state index contributed by atoms with van der Waals surface area (Å²) in [5.74, 6) is -0.375. The third-order valence-electron chi connectivity index (χ3n) is 3.87. The van der Waals surface area contributed by atoms with E-state index in [1.807, 2.05) is 32.1 Å². The molecule has 19 heavy (non-hydrogen) atoms. The molecular weight excluding hydrogens is 238 g/mol. The average Bonchev–Trinajstić information content (AvgIpc) is 3.08. The Morgan fingerprint density at radius 2 is 1.89 bits per heavy atom. The van der Waals surface area contributed by atoms with Gasteiger partial charge in [0.05, 0.1) is 11.3 Å². The molecule has 3 nitrogen and oxygen atoms in total. The highest BCUT2D eigenvalue weighted by molar-refractivity contribution is 6.13. The molecule has 0 aromatic carbocycles. The predicted octanol–water partition coefficient (Wildman–Crippen LogP) is 2.75. The summed E-state index contributed by atoms with van der Waals surface area (Å²) in [4.78, 5) is 23.5. The summed E-state index contributed by atoms with van der Waals surface area (Å²) in [5, 5.41) is 2.43. The zero-order valence-electron chi connectivity index (χ0n) is 12.0. The van der Waals surface area contributed by atoms with Crippen LogP contribution in [-0.2, 0) is 9.59 Å². The molecule has 102 valence electrons. The number of hydrogen-bond donors (Lipinski definition) is 1. The van der Waals surface area contributed by atoms with E-state index in [4.69, 9.17) is 0 Å². The Bertz CT molecular complexity index is 511. The molecule has 1 N–H and O–H groups in total. The van der Waals surface area contributed by atoms with Crippen LogP contribution in [0.3, 0.4) is 0 Å². The Hall–Kier alpha value is -1.64. The van der Waals surface area contributed by atoms with Gasteiger partial charge in [0.1, 0.15) is 0 Å². The minimum atomic E-state index is -0.559. The number of hydrogen-bond acceptors (Lipinski definition) is 2. The van der Waals surface area contributed by atoms with E-state index in [0.29, 0.717) is 6.42 Å². The summed E-state index contributed by atoms with van der Waals surface area (Å²) in [6.07, 6.45) is 10.8. The number of fused-ring (bicyclic) bond motifs is 1. The van der Waals surface area contributed by atoms with Gasteiger partial charge in [-0.1, -0.05) is 58.1 Å². The molecule has 0 spiro atoms. The van der Waals surface area contributed by atoms with Gasteiger partial charge in [-0.25, -0.2) is 0 Å². The van der Waals surface area contributed by atoms with Crippen LogP contribution in [0.1, 0.15) is 34.1 Å². The molecule has 1 aliphatic heterocycles. The summed E-state index contributed by atoms with van der Waals surface area (Å²) in [7, 11) is 0. The van der Waals surface area contributed by atoms with E-state index < -0.39 is 5.41 Å². The number of nitrogens with one attached hydrogen (secondary N) is 1. The lowest BCUT2D eigenvalue weighted by Gasteiger charge is -2.18. The van der Waals surface area contributed by atoms with E-state index in [0.717, 1.165) is 5.57 Å². The van der Waals surface area contributed by atoms with Crippen LogP contribution in [-0.4, -0.2) is 11.8 Å². The fourth-order valence-corrected chi connectivity index (χ4v) is 2.83. The molecule has 0 bridgehead atoms. The molecule has 1 saturated heterocycles. The van der Waals surface area contributed by atoms with Gasteiger partial charge in [-0.3, -0.25) is 14.9 Å². The maximum absolute atomic E-state index is 11.9. The van der Waals surface area contributed by atoms with Gasteiger partial charge in [0, 0.05) is 5.41 Å². The van der Waals surface area contributed by atoms with Gasteiger partial charge < -0.3 is 0 Å². The maximum atomic E-state index is 11.9. The molecule has 2 atom stereocenters. The largest absolute Gasteiger partial charge is 0.295 e. The third kappa shape index (κ3) is 2.07. The van der Waals surface area contributed by atoms with Crippen molar-refractivity contribution in [1.29, 1.82) is 0 Å². The molecule has 2 amide bonds. The topological polar surface area (TPSA) is 46.2 Å². The van der Waals surface area contributed by atoms with Crippen molar-refractivity contribution in [1.82, 2.24) is 5.32 Å². The lowest BCUT2D eigenvalue weighted by atomic mass is 9.85. The van der Waals surface area contributed by atoms with Gasteiger partial charge in [0.25, 0.3) is 0 Å². The number of piperidine rings is 1. The first-order valence-electron chi connectivity index (χ1n) is 6.90. The average molecular weight is 259 g/mol. The minimum Gasteiger partial charge on any atom is -0.295 e. The van der Waals surface area contributed by atoms with Crippen LogP contribution in [0.4, 0.5) is 0 Å². The number of rotatable bonds is 1. The second kappa shape index (κ2) is 4.48. The van der Waals surface area contributed by atoms with Crippen molar-refractivity contribution in [3.05, 3.63) is 36.0 Å². The number of carbonyl (C=O) groups excluding carboxylic acids is 2. The van der Waals surface area contributed by atoms with Gasteiger partial charge in [-0.05, 0) is 12.0 Å². The van der Waals surface area contributed by atoms with Crippen LogP contribution in [0, 0.1) is 16.7 Å². The second-order valence-electron chi connectivity index (χ2n) is 5.69. The molecule has 1 heterocycles. The molecule has 0 radical (unpaired) electrons. The summed E-state index contributed by atoms with van der Waals surface area (Å²) < 4.78 is 0. The first-order valence-corrected chi connectivity index (χ1v) is 6.90. The molecule has 3 aliphatic rings. The Labute approximate surface area is 114 Å². The third-order valence-corrected chi connectivity index (χ3v) is 3.87. The van der Waals surface area contributed by atoms with Crippen molar-refractivity contribution in [2.45, 2.75) is 34.1 Å². The van der Waals surface area contributed by atoms with Gasteiger partial charge >= 0.3 is 0 Å². The molecule has 0 aromatic heterocycles. The van der Waals surface area contributed by atoms with Crippen LogP contribution in [0.15, 0.2) is 36.0 Å². The van der Waals surface area contributed by atoms with Crippen molar-refractivity contribution in [2.24, 2.45) is 16.7 Å². The molecule has 3 heteroatoms. The van der Waals surface area contributed by atoms with E-state index >= 15 is 0 Å². The van der Waals surface area contributed by atoms with E-state index in [1.165, 1.54) is 0 Å². The highest BCUT2D eigenvalue weighted by Gasteiger charge is 2.70. The Morgan fingerprint density at radius 3 is 2.42 bits per heavy atom. The van der Waals surface area contributed by atoms with E-state index in [-0.39, 0.29) is 23.1 Å².